The number of piperazine rings is 1. The third kappa shape index (κ3) is 6.02. The number of hydrogen-bond acceptors (Lipinski definition) is 8. The number of carbonyl (C=O) groups is 2. The van der Waals surface area contributed by atoms with Crippen molar-refractivity contribution in [3.8, 4) is 0 Å². The number of piperidine rings is 1. The molecule has 264 valence electrons. The number of likely N-dealkylation sites (N-methyl/N-ethyl adjacent to an activating group) is 1. The van der Waals surface area contributed by atoms with Crippen LogP contribution in [-0.2, 0) is 28.5 Å². The molecule has 7 fully saturated rings. The molecule has 9 nitrogen and oxygen atoms in total. The van der Waals surface area contributed by atoms with Crippen LogP contribution < -0.4 is 0 Å². The average molecular weight is 657 g/mol. The molecule has 47 heavy (non-hydrogen) atoms. The topological polar surface area (TPSA) is 77.5 Å². The van der Waals surface area contributed by atoms with E-state index in [0.717, 1.165) is 88.8 Å². The highest BCUT2D eigenvalue weighted by Gasteiger charge is 2.65. The van der Waals surface area contributed by atoms with Crippen LogP contribution in [0.2, 0.25) is 0 Å². The van der Waals surface area contributed by atoms with Gasteiger partial charge in [-0.2, -0.15) is 0 Å². The Bertz CT molecular complexity index is 1190. The van der Waals surface area contributed by atoms with Crippen molar-refractivity contribution in [2.75, 3.05) is 66.1 Å². The Kier molecular flexibility index (Phi) is 9.15. The Labute approximate surface area is 283 Å². The number of nitrogens with zero attached hydrogens (tertiary/aromatic N) is 3. The van der Waals surface area contributed by atoms with E-state index in [4.69, 9.17) is 18.9 Å². The summed E-state index contributed by atoms with van der Waals surface area (Å²) >= 11 is 0. The first kappa shape index (κ1) is 34.0. The molecular formula is C38H62N3O6+. The Balaban J connectivity index is 1.12. The van der Waals surface area contributed by atoms with Crippen LogP contribution in [0.15, 0.2) is 12.7 Å². The summed E-state index contributed by atoms with van der Waals surface area (Å²) in [6.45, 7) is 20.8. The second kappa shape index (κ2) is 12.7. The molecule has 0 aromatic heterocycles. The van der Waals surface area contributed by atoms with Gasteiger partial charge in [0.2, 0.25) is 0 Å². The van der Waals surface area contributed by atoms with E-state index in [-0.39, 0.29) is 41.0 Å². The highest BCUT2D eigenvalue weighted by molar-refractivity contribution is 5.66. The molecule has 3 aliphatic heterocycles. The summed E-state index contributed by atoms with van der Waals surface area (Å²) in [5.41, 5.74) is 0.208. The lowest BCUT2D eigenvalue weighted by Crippen LogP contribution is -2.62. The normalized spacial score (nSPS) is 44.6. The predicted octanol–water partition coefficient (Wildman–Crippen LogP) is 4.64. The monoisotopic (exact) mass is 656 g/mol. The smallest absolute Gasteiger partial charge is 0.302 e. The molecular weight excluding hydrogens is 594 g/mol. The number of ether oxygens (including phenoxy) is 4. The molecule has 3 saturated heterocycles. The number of fused-ring (bicyclic) bond motifs is 5. The van der Waals surface area contributed by atoms with Crippen LogP contribution >= 0.6 is 0 Å². The zero-order chi connectivity index (χ0) is 33.2. The second-order valence-electron chi connectivity index (χ2n) is 17.4. The van der Waals surface area contributed by atoms with Crippen molar-refractivity contribution >= 4 is 11.9 Å². The molecule has 0 radical (unpaired) electrons. The van der Waals surface area contributed by atoms with E-state index in [0.29, 0.717) is 42.9 Å². The van der Waals surface area contributed by atoms with Crippen LogP contribution in [0.25, 0.3) is 0 Å². The van der Waals surface area contributed by atoms with E-state index in [1.807, 2.05) is 0 Å². The van der Waals surface area contributed by atoms with E-state index in [1.54, 1.807) is 13.8 Å². The van der Waals surface area contributed by atoms with Crippen molar-refractivity contribution in [1.82, 2.24) is 9.80 Å². The van der Waals surface area contributed by atoms with Gasteiger partial charge >= 0.3 is 11.9 Å². The van der Waals surface area contributed by atoms with Crippen LogP contribution in [0.5, 0.6) is 0 Å². The van der Waals surface area contributed by atoms with Crippen LogP contribution in [0.4, 0.5) is 0 Å². The molecule has 0 N–H and O–H groups in total. The minimum Gasteiger partial charge on any atom is -0.461 e. The van der Waals surface area contributed by atoms with Crippen molar-refractivity contribution in [3.05, 3.63) is 12.7 Å². The Morgan fingerprint density at radius 2 is 1.51 bits per heavy atom. The number of rotatable bonds is 6. The first-order valence-corrected chi connectivity index (χ1v) is 18.9. The van der Waals surface area contributed by atoms with Gasteiger partial charge in [0.15, 0.2) is 5.79 Å². The Morgan fingerprint density at radius 1 is 0.851 bits per heavy atom. The van der Waals surface area contributed by atoms with E-state index >= 15 is 0 Å². The first-order valence-electron chi connectivity index (χ1n) is 18.9. The lowest BCUT2D eigenvalue weighted by atomic mass is 9.44. The van der Waals surface area contributed by atoms with Crippen LogP contribution in [0.1, 0.15) is 85.5 Å². The maximum absolute atomic E-state index is 12.6. The van der Waals surface area contributed by atoms with Crippen molar-refractivity contribution in [1.29, 1.82) is 0 Å². The zero-order valence-corrected chi connectivity index (χ0v) is 29.9. The fourth-order valence-corrected chi connectivity index (χ4v) is 12.4. The third-order valence-electron chi connectivity index (χ3n) is 14.9. The predicted molar refractivity (Wildman–Crippen MR) is 179 cm³/mol. The number of esters is 2. The summed E-state index contributed by atoms with van der Waals surface area (Å²) < 4.78 is 25.7. The average Bonchev–Trinajstić information content (AvgIpc) is 3.59. The van der Waals surface area contributed by atoms with Gasteiger partial charge in [0.1, 0.15) is 12.2 Å². The maximum Gasteiger partial charge on any atom is 0.302 e. The number of quaternary nitrogens is 1. The molecule has 7 rings (SSSR count). The fraction of sp³-hybridized carbons (Fsp3) is 0.895. The van der Waals surface area contributed by atoms with Crippen LogP contribution in [0.3, 0.4) is 0 Å². The summed E-state index contributed by atoms with van der Waals surface area (Å²) in [4.78, 5) is 30.3. The molecule has 0 aromatic rings. The molecule has 9 heteroatoms. The van der Waals surface area contributed by atoms with Gasteiger partial charge in [-0.25, -0.2) is 0 Å². The summed E-state index contributed by atoms with van der Waals surface area (Å²) in [7, 11) is 2.35. The molecule has 10 atom stereocenters. The van der Waals surface area contributed by atoms with E-state index in [1.165, 1.54) is 19.3 Å². The zero-order valence-electron chi connectivity index (χ0n) is 29.9. The molecule has 0 aromatic carbocycles. The van der Waals surface area contributed by atoms with Gasteiger partial charge in [0.25, 0.3) is 0 Å². The highest BCUT2D eigenvalue weighted by Crippen LogP contribution is 2.67. The quantitative estimate of drug-likeness (QED) is 0.233. The van der Waals surface area contributed by atoms with Crippen molar-refractivity contribution in [3.63, 3.8) is 0 Å². The highest BCUT2D eigenvalue weighted by atomic mass is 16.7. The molecule has 4 aliphatic carbocycles. The van der Waals surface area contributed by atoms with Gasteiger partial charge in [0.05, 0.1) is 39.9 Å². The van der Waals surface area contributed by atoms with Gasteiger partial charge in [0, 0.05) is 70.4 Å². The van der Waals surface area contributed by atoms with Gasteiger partial charge in [-0.15, -0.1) is 0 Å². The van der Waals surface area contributed by atoms with E-state index in [2.05, 4.69) is 43.3 Å². The minimum atomic E-state index is -0.409. The molecule has 7 aliphatic rings. The second-order valence-corrected chi connectivity index (χ2v) is 17.4. The standard InChI is InChI=1S/C38H62N3O6/c1-7-18-41(6)19-16-40(17-20-41)32-24-31-29-9-8-28-23-34(46-26(2)42)33(39-14-12-38(13-15-39)44-21-22-45-38)25-37(28,5)30(29)10-11-36(31,4)35(32)47-27(3)43/h7,28-35H,1,8-25H2,2-6H3/q+1/t28?,29-,30-,31+,32?,33?,34?,35?,36+,37+/m1/s1. The SMILES string of the molecule is C=CC[N+]1(C)CCN(C2C[C@H]3[C@@H]4CCC5CC(OC(C)=O)C(N6CCC7(CC6)OCCO7)C[C@]5(C)[C@@H]4CC[C@]3(C)C2OC(C)=O)CC1. The van der Waals surface area contributed by atoms with E-state index < -0.39 is 5.79 Å². The van der Waals surface area contributed by atoms with Gasteiger partial charge < -0.3 is 23.4 Å². The van der Waals surface area contributed by atoms with Crippen LogP contribution in [0, 0.1) is 34.5 Å². The van der Waals surface area contributed by atoms with Crippen LogP contribution in [-0.4, -0.2) is 122 Å². The molecule has 0 bridgehead atoms. The van der Waals surface area contributed by atoms with Gasteiger partial charge in [-0.1, -0.05) is 20.4 Å². The lowest BCUT2D eigenvalue weighted by molar-refractivity contribution is -0.908. The molecule has 1 spiro atoms. The van der Waals surface area contributed by atoms with E-state index in [9.17, 15) is 9.59 Å². The number of hydrogen-bond donors (Lipinski definition) is 0. The summed E-state index contributed by atoms with van der Waals surface area (Å²) in [5, 5.41) is 0. The van der Waals surface area contributed by atoms with Crippen molar-refractivity contribution < 1.29 is 33.0 Å². The molecule has 3 heterocycles. The summed E-state index contributed by atoms with van der Waals surface area (Å²) in [6.07, 6.45) is 11.6. The first-order chi connectivity index (χ1) is 22.4. The Morgan fingerprint density at radius 3 is 2.15 bits per heavy atom. The minimum absolute atomic E-state index is 0.00817. The third-order valence-corrected chi connectivity index (χ3v) is 14.9. The van der Waals surface area contributed by atoms with Crippen molar-refractivity contribution in [2.45, 2.75) is 116 Å². The fourth-order valence-electron chi connectivity index (χ4n) is 12.4. The summed E-state index contributed by atoms with van der Waals surface area (Å²) in [5.74, 6) is 1.70. The maximum atomic E-state index is 12.6. The van der Waals surface area contributed by atoms with Gasteiger partial charge in [-0.05, 0) is 80.1 Å². The molecule has 5 unspecified atom stereocenters. The molecule has 4 saturated carbocycles. The number of likely N-dealkylation sites (tertiary alicyclic amines) is 1. The van der Waals surface area contributed by atoms with Gasteiger partial charge in [-0.3, -0.25) is 19.4 Å². The lowest BCUT2D eigenvalue weighted by Gasteiger charge is -2.62. The Hall–Kier alpha value is -1.52. The van der Waals surface area contributed by atoms with Crippen molar-refractivity contribution in [2.24, 2.45) is 34.5 Å². The molecule has 0 amide bonds. The summed E-state index contributed by atoms with van der Waals surface area (Å²) in [6, 6.07) is 0.524. The largest absolute Gasteiger partial charge is 0.461 e. The number of carbonyl (C=O) groups excluding carboxylic acids is 2.